The Morgan fingerprint density at radius 1 is 1.38 bits per heavy atom. The molecule has 1 aromatic rings. The Morgan fingerprint density at radius 2 is 2.10 bits per heavy atom. The Kier molecular flexibility index (Phi) is 6.27. The maximum Gasteiger partial charge on any atom is 0.0320 e. The van der Waals surface area contributed by atoms with Gasteiger partial charge in [-0.25, -0.2) is 0 Å². The van der Waals surface area contributed by atoms with Gasteiger partial charge in [-0.3, -0.25) is 4.90 Å². The van der Waals surface area contributed by atoms with Crippen molar-refractivity contribution in [3.8, 4) is 11.8 Å². The summed E-state index contributed by atoms with van der Waals surface area (Å²) in [7, 11) is 2.07. The van der Waals surface area contributed by atoms with E-state index in [1.807, 2.05) is 30.3 Å². The number of benzene rings is 1. The molecule has 0 aromatic heterocycles. The number of allylic oxidation sites excluding steroid dienone is 1. The van der Waals surface area contributed by atoms with Crippen LogP contribution in [0.25, 0.3) is 5.57 Å². The van der Waals surface area contributed by atoms with Crippen LogP contribution in [0.5, 0.6) is 0 Å². The highest BCUT2D eigenvalue weighted by Crippen LogP contribution is 2.16. The Labute approximate surface area is 129 Å². The maximum absolute atomic E-state index is 5.79. The average Bonchev–Trinajstić information content (AvgIpc) is 2.36. The maximum atomic E-state index is 5.79. The predicted molar refractivity (Wildman–Crippen MR) is 93.8 cm³/mol. The molecule has 0 heterocycles. The first-order valence-electron chi connectivity index (χ1n) is 7.18. The van der Waals surface area contributed by atoms with E-state index in [9.17, 15) is 0 Å². The lowest BCUT2D eigenvalue weighted by Gasteiger charge is -2.16. The van der Waals surface area contributed by atoms with Gasteiger partial charge in [0.15, 0.2) is 0 Å². The molecule has 2 N–H and O–H groups in total. The summed E-state index contributed by atoms with van der Waals surface area (Å²) in [6.07, 6.45) is 4.00. The molecule has 112 valence electrons. The molecule has 0 fully saturated rings. The summed E-state index contributed by atoms with van der Waals surface area (Å²) in [4.78, 5) is 2.20. The van der Waals surface area contributed by atoms with E-state index in [2.05, 4.69) is 57.2 Å². The third-order valence-electron chi connectivity index (χ3n) is 2.82. The van der Waals surface area contributed by atoms with E-state index in [1.54, 1.807) is 0 Å². The first-order valence-corrected chi connectivity index (χ1v) is 7.18. The molecule has 0 spiro atoms. The molecule has 0 bridgehead atoms. The molecule has 0 aliphatic carbocycles. The SMILES string of the molecule is C=C(CN(C)C/C=C/C#CC(C)(C)C)c1cccc(N)c1. The standard InChI is InChI=1S/C19H26N2/c1-16(17-10-9-11-18(20)14-17)15-21(5)13-8-6-7-12-19(2,3)4/h6,8-11,14H,1,13,15,20H2,2-5H3/b8-6+. The molecule has 0 radical (unpaired) electrons. The molecule has 1 aromatic carbocycles. The molecule has 0 saturated carbocycles. The van der Waals surface area contributed by atoms with Gasteiger partial charge in [-0.15, -0.1) is 0 Å². The zero-order valence-corrected chi connectivity index (χ0v) is 13.6. The molecule has 0 aliphatic heterocycles. The zero-order valence-electron chi connectivity index (χ0n) is 13.6. The van der Waals surface area contributed by atoms with Gasteiger partial charge in [0, 0.05) is 24.2 Å². The molecule has 2 heteroatoms. The Morgan fingerprint density at radius 3 is 2.71 bits per heavy atom. The van der Waals surface area contributed by atoms with Crippen LogP contribution in [0.2, 0.25) is 0 Å². The van der Waals surface area contributed by atoms with Crippen LogP contribution < -0.4 is 5.73 Å². The topological polar surface area (TPSA) is 29.3 Å². The summed E-state index contributed by atoms with van der Waals surface area (Å²) in [5.74, 6) is 6.26. The summed E-state index contributed by atoms with van der Waals surface area (Å²) < 4.78 is 0. The van der Waals surface area contributed by atoms with Crippen LogP contribution in [0.1, 0.15) is 26.3 Å². The summed E-state index contributed by atoms with van der Waals surface area (Å²) in [5.41, 5.74) is 8.78. The van der Waals surface area contributed by atoms with Crippen molar-refractivity contribution in [2.75, 3.05) is 25.9 Å². The third kappa shape index (κ3) is 7.39. The van der Waals surface area contributed by atoms with Crippen molar-refractivity contribution in [2.45, 2.75) is 20.8 Å². The molecule has 21 heavy (non-hydrogen) atoms. The summed E-state index contributed by atoms with van der Waals surface area (Å²) in [5, 5.41) is 0. The van der Waals surface area contributed by atoms with E-state index in [0.717, 1.165) is 29.9 Å². The van der Waals surface area contributed by atoms with Crippen LogP contribution in [-0.2, 0) is 0 Å². The molecule has 0 aliphatic rings. The van der Waals surface area contributed by atoms with Gasteiger partial charge in [0.1, 0.15) is 0 Å². The molecular weight excluding hydrogens is 256 g/mol. The first kappa shape index (κ1) is 17.1. The number of rotatable bonds is 5. The zero-order chi connectivity index (χ0) is 15.9. The second-order valence-corrected chi connectivity index (χ2v) is 6.35. The van der Waals surface area contributed by atoms with E-state index in [0.29, 0.717) is 0 Å². The van der Waals surface area contributed by atoms with Crippen molar-refractivity contribution in [3.05, 3.63) is 48.6 Å². The third-order valence-corrected chi connectivity index (χ3v) is 2.82. The monoisotopic (exact) mass is 282 g/mol. The van der Waals surface area contributed by atoms with Gasteiger partial charge in [-0.2, -0.15) is 0 Å². The fraction of sp³-hybridized carbons (Fsp3) is 0.368. The van der Waals surface area contributed by atoms with Gasteiger partial charge < -0.3 is 5.73 Å². The number of nitrogen functional groups attached to an aromatic ring is 1. The van der Waals surface area contributed by atoms with Gasteiger partial charge in [0.25, 0.3) is 0 Å². The largest absolute Gasteiger partial charge is 0.399 e. The molecule has 0 atom stereocenters. The summed E-state index contributed by atoms with van der Waals surface area (Å²) in [6.45, 7) is 12.1. The van der Waals surface area contributed by atoms with E-state index in [-0.39, 0.29) is 5.41 Å². The predicted octanol–water partition coefficient (Wildman–Crippen LogP) is 3.82. The van der Waals surface area contributed by atoms with Crippen LogP contribution in [0.3, 0.4) is 0 Å². The summed E-state index contributed by atoms with van der Waals surface area (Å²) in [6, 6.07) is 7.84. The molecule has 1 rings (SSSR count). The highest BCUT2D eigenvalue weighted by atomic mass is 15.1. The van der Waals surface area contributed by atoms with Gasteiger partial charge in [0.2, 0.25) is 0 Å². The number of likely N-dealkylation sites (N-methyl/N-ethyl adjacent to an activating group) is 1. The van der Waals surface area contributed by atoms with Gasteiger partial charge in [-0.1, -0.05) is 36.6 Å². The van der Waals surface area contributed by atoms with Gasteiger partial charge >= 0.3 is 0 Å². The van der Waals surface area contributed by atoms with E-state index >= 15 is 0 Å². The number of hydrogen-bond acceptors (Lipinski definition) is 2. The Hall–Kier alpha value is -1.98. The Bertz CT molecular complexity index is 565. The number of anilines is 1. The second-order valence-electron chi connectivity index (χ2n) is 6.35. The van der Waals surface area contributed by atoms with Crippen molar-refractivity contribution in [1.82, 2.24) is 4.90 Å². The van der Waals surface area contributed by atoms with Gasteiger partial charge in [-0.05, 0) is 57.2 Å². The van der Waals surface area contributed by atoms with Crippen LogP contribution in [0, 0.1) is 17.3 Å². The minimum absolute atomic E-state index is 0.0533. The molecular formula is C19H26N2. The first-order chi connectivity index (χ1) is 9.78. The van der Waals surface area contributed by atoms with E-state index in [4.69, 9.17) is 5.73 Å². The lowest BCUT2D eigenvalue weighted by molar-refractivity contribution is 0.419. The van der Waals surface area contributed by atoms with Crippen LogP contribution >= 0.6 is 0 Å². The minimum atomic E-state index is 0.0533. The lowest BCUT2D eigenvalue weighted by Crippen LogP contribution is -2.20. The number of nitrogens with two attached hydrogens (primary N) is 1. The van der Waals surface area contributed by atoms with Crippen LogP contribution in [-0.4, -0.2) is 25.0 Å². The lowest BCUT2D eigenvalue weighted by atomic mass is 9.98. The number of nitrogens with zero attached hydrogens (tertiary/aromatic N) is 1. The second kappa shape index (κ2) is 7.71. The van der Waals surface area contributed by atoms with E-state index < -0.39 is 0 Å². The minimum Gasteiger partial charge on any atom is -0.399 e. The quantitative estimate of drug-likeness (QED) is 0.657. The molecule has 0 amide bonds. The van der Waals surface area contributed by atoms with Crippen LogP contribution in [0.15, 0.2) is 43.0 Å². The van der Waals surface area contributed by atoms with Crippen molar-refractivity contribution in [3.63, 3.8) is 0 Å². The highest BCUT2D eigenvalue weighted by Gasteiger charge is 2.03. The van der Waals surface area contributed by atoms with Crippen molar-refractivity contribution in [2.24, 2.45) is 5.41 Å². The average molecular weight is 282 g/mol. The molecule has 0 unspecified atom stereocenters. The fourth-order valence-electron chi connectivity index (χ4n) is 1.79. The molecule has 2 nitrogen and oxygen atoms in total. The Balaban J connectivity index is 2.46. The highest BCUT2D eigenvalue weighted by molar-refractivity contribution is 5.67. The van der Waals surface area contributed by atoms with Crippen molar-refractivity contribution >= 4 is 11.3 Å². The summed E-state index contributed by atoms with van der Waals surface area (Å²) >= 11 is 0. The van der Waals surface area contributed by atoms with E-state index in [1.165, 1.54) is 0 Å². The van der Waals surface area contributed by atoms with Crippen molar-refractivity contribution in [1.29, 1.82) is 0 Å². The van der Waals surface area contributed by atoms with Crippen LogP contribution in [0.4, 0.5) is 5.69 Å². The normalized spacial score (nSPS) is 11.5. The van der Waals surface area contributed by atoms with Crippen molar-refractivity contribution < 1.29 is 0 Å². The number of hydrogen-bond donors (Lipinski definition) is 1. The fourth-order valence-corrected chi connectivity index (χ4v) is 1.79. The smallest absolute Gasteiger partial charge is 0.0320 e. The van der Waals surface area contributed by atoms with Gasteiger partial charge in [0.05, 0.1) is 0 Å². The molecule has 0 saturated heterocycles.